The summed E-state index contributed by atoms with van der Waals surface area (Å²) in [5, 5.41) is 2.49. The molecule has 8 nitrogen and oxygen atoms in total. The third kappa shape index (κ3) is 6.95. The minimum atomic E-state index is -0.555. The summed E-state index contributed by atoms with van der Waals surface area (Å²) in [5.74, 6) is 0.519. The van der Waals surface area contributed by atoms with Crippen LogP contribution in [0.25, 0.3) is 6.08 Å². The molecular formula is C26H29ClN2O6S. The van der Waals surface area contributed by atoms with Gasteiger partial charge in [-0.3, -0.25) is 19.3 Å². The Morgan fingerprint density at radius 2 is 1.81 bits per heavy atom. The van der Waals surface area contributed by atoms with Crippen molar-refractivity contribution in [1.82, 2.24) is 4.90 Å². The monoisotopic (exact) mass is 532 g/mol. The standard InChI is InChI=1S/C26H29ClN2O6S/c1-5-16(4)35-24-20(27)12-17(13-21(24)34-7-3)14-22-25(31)29(26(32)36-22)15-23(30)28-18-8-10-19(11-9-18)33-6-2/h8-14,16H,5-7,15H2,1-4H3,(H,28,30)/b22-14+/t16-/m0/s1. The van der Waals surface area contributed by atoms with Gasteiger partial charge < -0.3 is 19.5 Å². The number of hydrogen-bond donors (Lipinski definition) is 1. The van der Waals surface area contributed by atoms with Crippen molar-refractivity contribution in [2.24, 2.45) is 0 Å². The average molecular weight is 533 g/mol. The molecule has 192 valence electrons. The Bertz CT molecular complexity index is 1150. The number of carbonyl (C=O) groups excluding carboxylic acids is 3. The maximum absolute atomic E-state index is 12.9. The van der Waals surface area contributed by atoms with Crippen LogP contribution in [-0.2, 0) is 9.59 Å². The Kier molecular flexibility index (Phi) is 9.66. The lowest BCUT2D eigenvalue weighted by Crippen LogP contribution is -2.36. The van der Waals surface area contributed by atoms with Gasteiger partial charge in [0.15, 0.2) is 11.5 Å². The summed E-state index contributed by atoms with van der Waals surface area (Å²) >= 11 is 7.22. The fourth-order valence-corrected chi connectivity index (χ4v) is 4.37. The van der Waals surface area contributed by atoms with E-state index in [1.54, 1.807) is 42.5 Å². The van der Waals surface area contributed by atoms with E-state index in [1.165, 1.54) is 0 Å². The number of halogens is 1. The number of rotatable bonds is 11. The second-order valence-electron chi connectivity index (χ2n) is 7.87. The van der Waals surface area contributed by atoms with Crippen molar-refractivity contribution in [3.05, 3.63) is 51.9 Å². The minimum absolute atomic E-state index is 0.0576. The number of benzene rings is 2. The third-order valence-corrected chi connectivity index (χ3v) is 6.34. The normalized spacial score (nSPS) is 15.2. The molecule has 1 N–H and O–H groups in total. The fourth-order valence-electron chi connectivity index (χ4n) is 3.27. The van der Waals surface area contributed by atoms with E-state index in [-0.39, 0.29) is 11.0 Å². The number of thioether (sulfide) groups is 1. The van der Waals surface area contributed by atoms with Gasteiger partial charge in [0.2, 0.25) is 5.91 Å². The molecule has 0 aromatic heterocycles. The molecule has 3 rings (SSSR count). The highest BCUT2D eigenvalue weighted by Gasteiger charge is 2.36. The van der Waals surface area contributed by atoms with Crippen LogP contribution in [-0.4, -0.2) is 47.8 Å². The van der Waals surface area contributed by atoms with Crippen LogP contribution >= 0.6 is 23.4 Å². The second kappa shape index (κ2) is 12.7. The molecule has 1 aliphatic rings. The van der Waals surface area contributed by atoms with Crippen molar-refractivity contribution in [3.8, 4) is 17.2 Å². The molecule has 2 aromatic carbocycles. The first-order valence-corrected chi connectivity index (χ1v) is 12.9. The number of nitrogens with one attached hydrogen (secondary N) is 1. The predicted octanol–water partition coefficient (Wildman–Crippen LogP) is 5.99. The number of anilines is 1. The lowest BCUT2D eigenvalue weighted by atomic mass is 10.1. The van der Waals surface area contributed by atoms with Crippen LogP contribution in [0.4, 0.5) is 10.5 Å². The number of hydrogen-bond acceptors (Lipinski definition) is 7. The van der Waals surface area contributed by atoms with E-state index < -0.39 is 23.6 Å². The molecule has 1 fully saturated rings. The molecule has 0 aliphatic carbocycles. The van der Waals surface area contributed by atoms with Crippen molar-refractivity contribution < 1.29 is 28.6 Å². The molecule has 0 saturated carbocycles. The number of ether oxygens (including phenoxy) is 3. The predicted molar refractivity (Wildman–Crippen MR) is 142 cm³/mol. The molecule has 10 heteroatoms. The highest BCUT2D eigenvalue weighted by Crippen LogP contribution is 2.39. The van der Waals surface area contributed by atoms with E-state index in [0.717, 1.165) is 23.1 Å². The van der Waals surface area contributed by atoms with E-state index in [0.29, 0.717) is 46.7 Å². The van der Waals surface area contributed by atoms with Gasteiger partial charge >= 0.3 is 0 Å². The molecular weight excluding hydrogens is 504 g/mol. The molecule has 36 heavy (non-hydrogen) atoms. The van der Waals surface area contributed by atoms with Gasteiger partial charge in [0.25, 0.3) is 11.1 Å². The summed E-state index contributed by atoms with van der Waals surface area (Å²) in [6, 6.07) is 10.2. The smallest absolute Gasteiger partial charge is 0.294 e. The van der Waals surface area contributed by atoms with Gasteiger partial charge in [-0.15, -0.1) is 0 Å². The molecule has 1 heterocycles. The van der Waals surface area contributed by atoms with Crippen molar-refractivity contribution in [2.45, 2.75) is 40.2 Å². The molecule has 0 bridgehead atoms. The van der Waals surface area contributed by atoms with E-state index >= 15 is 0 Å². The van der Waals surface area contributed by atoms with E-state index in [2.05, 4.69) is 5.32 Å². The van der Waals surface area contributed by atoms with Gasteiger partial charge in [0.05, 0.1) is 29.2 Å². The molecule has 1 aliphatic heterocycles. The van der Waals surface area contributed by atoms with Gasteiger partial charge in [0.1, 0.15) is 12.3 Å². The average Bonchev–Trinajstić information content (AvgIpc) is 3.10. The van der Waals surface area contributed by atoms with Crippen LogP contribution < -0.4 is 19.5 Å². The lowest BCUT2D eigenvalue weighted by Gasteiger charge is -2.18. The maximum Gasteiger partial charge on any atom is 0.294 e. The largest absolute Gasteiger partial charge is 0.494 e. The summed E-state index contributed by atoms with van der Waals surface area (Å²) < 4.78 is 17.0. The lowest BCUT2D eigenvalue weighted by molar-refractivity contribution is -0.127. The summed E-state index contributed by atoms with van der Waals surface area (Å²) in [6.45, 7) is 8.19. The van der Waals surface area contributed by atoms with Crippen molar-refractivity contribution in [3.63, 3.8) is 0 Å². The SMILES string of the molecule is CCOc1ccc(NC(=O)CN2C(=O)S/C(=C/c3cc(Cl)c(O[C@@H](C)CC)c(OCC)c3)C2=O)cc1. The van der Waals surface area contributed by atoms with Crippen LogP contribution in [0.15, 0.2) is 41.3 Å². The quantitative estimate of drug-likeness (QED) is 0.355. The van der Waals surface area contributed by atoms with Crippen molar-refractivity contribution >= 4 is 52.2 Å². The summed E-state index contributed by atoms with van der Waals surface area (Å²) in [7, 11) is 0. The summed E-state index contributed by atoms with van der Waals surface area (Å²) in [5.41, 5.74) is 1.10. The topological polar surface area (TPSA) is 94.2 Å². The number of amides is 3. The van der Waals surface area contributed by atoms with Crippen LogP contribution in [0.2, 0.25) is 5.02 Å². The van der Waals surface area contributed by atoms with Gasteiger partial charge in [-0.05, 0) is 87.0 Å². The van der Waals surface area contributed by atoms with Crippen molar-refractivity contribution in [2.75, 3.05) is 25.1 Å². The summed E-state index contributed by atoms with van der Waals surface area (Å²) in [4.78, 5) is 39.0. The molecule has 2 aromatic rings. The highest BCUT2D eigenvalue weighted by atomic mass is 35.5. The second-order valence-corrected chi connectivity index (χ2v) is 9.27. The van der Waals surface area contributed by atoms with Crippen LogP contribution in [0, 0.1) is 0 Å². The van der Waals surface area contributed by atoms with E-state index in [1.807, 2.05) is 27.7 Å². The number of carbonyl (C=O) groups is 3. The maximum atomic E-state index is 12.9. The van der Waals surface area contributed by atoms with Gasteiger partial charge in [0, 0.05) is 5.69 Å². The first-order chi connectivity index (χ1) is 17.2. The first kappa shape index (κ1) is 27.4. The zero-order chi connectivity index (χ0) is 26.2. The minimum Gasteiger partial charge on any atom is -0.494 e. The molecule has 1 atom stereocenters. The Labute approximate surface area is 219 Å². The fraction of sp³-hybridized carbons (Fsp3) is 0.346. The third-order valence-electron chi connectivity index (χ3n) is 5.15. The van der Waals surface area contributed by atoms with Crippen LogP contribution in [0.3, 0.4) is 0 Å². The van der Waals surface area contributed by atoms with Gasteiger partial charge in [-0.2, -0.15) is 0 Å². The zero-order valence-electron chi connectivity index (χ0n) is 20.6. The Morgan fingerprint density at radius 1 is 1.11 bits per heavy atom. The highest BCUT2D eigenvalue weighted by molar-refractivity contribution is 8.18. The molecule has 0 spiro atoms. The van der Waals surface area contributed by atoms with Gasteiger partial charge in [-0.25, -0.2) is 0 Å². The van der Waals surface area contributed by atoms with Crippen LogP contribution in [0.1, 0.15) is 39.7 Å². The molecule has 0 radical (unpaired) electrons. The Morgan fingerprint density at radius 3 is 2.44 bits per heavy atom. The number of nitrogens with zero attached hydrogens (tertiary/aromatic N) is 1. The first-order valence-electron chi connectivity index (χ1n) is 11.7. The summed E-state index contributed by atoms with van der Waals surface area (Å²) in [6.07, 6.45) is 2.29. The van der Waals surface area contributed by atoms with Crippen molar-refractivity contribution in [1.29, 1.82) is 0 Å². The molecule has 0 unspecified atom stereocenters. The number of imide groups is 1. The Hall–Kier alpha value is -3.17. The Balaban J connectivity index is 1.73. The van der Waals surface area contributed by atoms with Crippen LogP contribution in [0.5, 0.6) is 17.2 Å². The molecule has 3 amide bonds. The molecule has 1 saturated heterocycles. The van der Waals surface area contributed by atoms with E-state index in [4.69, 9.17) is 25.8 Å². The van der Waals surface area contributed by atoms with E-state index in [9.17, 15) is 14.4 Å². The van der Waals surface area contributed by atoms with Gasteiger partial charge in [-0.1, -0.05) is 18.5 Å². The zero-order valence-corrected chi connectivity index (χ0v) is 22.2.